The number of aryl methyl sites for hydroxylation is 1. The molecule has 24 heavy (non-hydrogen) atoms. The molecule has 6 nitrogen and oxygen atoms in total. The van der Waals surface area contributed by atoms with Crippen LogP contribution in [0.2, 0.25) is 0 Å². The van der Waals surface area contributed by atoms with Crippen molar-refractivity contribution in [3.8, 4) is 0 Å². The minimum Gasteiger partial charge on any atom is -0.362 e. The van der Waals surface area contributed by atoms with Crippen LogP contribution in [0.4, 0.5) is 0 Å². The third kappa shape index (κ3) is 3.64. The fraction of sp³-hybridized carbons (Fsp3) is 0.778. The molecular formula is C18H28N4O2. The molecule has 2 aliphatic heterocycles. The summed E-state index contributed by atoms with van der Waals surface area (Å²) in [7, 11) is 1.95. The Balaban J connectivity index is 1.25. The SMILES string of the molecule is Cn1cc(CN2CCC3(CCC(C(=O)NCC4CC4)O3)CC2)cn1. The van der Waals surface area contributed by atoms with E-state index in [1.165, 1.54) is 18.4 Å². The lowest BCUT2D eigenvalue weighted by molar-refractivity contribution is -0.140. The first-order chi connectivity index (χ1) is 11.6. The Morgan fingerprint density at radius 3 is 2.79 bits per heavy atom. The molecule has 0 radical (unpaired) electrons. The van der Waals surface area contributed by atoms with Crippen LogP contribution in [0.5, 0.6) is 0 Å². The Morgan fingerprint density at radius 1 is 1.33 bits per heavy atom. The molecule has 0 aromatic carbocycles. The summed E-state index contributed by atoms with van der Waals surface area (Å²) in [5, 5.41) is 7.31. The predicted octanol–water partition coefficient (Wildman–Crippen LogP) is 1.46. The van der Waals surface area contributed by atoms with E-state index in [1.807, 2.05) is 17.9 Å². The fourth-order valence-corrected chi connectivity index (χ4v) is 3.98. The summed E-state index contributed by atoms with van der Waals surface area (Å²) in [5.74, 6) is 0.830. The van der Waals surface area contributed by atoms with Crippen molar-refractivity contribution in [1.82, 2.24) is 20.0 Å². The number of carbonyl (C=O) groups is 1. The van der Waals surface area contributed by atoms with E-state index in [9.17, 15) is 4.79 Å². The van der Waals surface area contributed by atoms with E-state index in [4.69, 9.17) is 4.74 Å². The highest BCUT2D eigenvalue weighted by atomic mass is 16.5. The Bertz CT molecular complexity index is 588. The van der Waals surface area contributed by atoms with Crippen LogP contribution in [0, 0.1) is 5.92 Å². The van der Waals surface area contributed by atoms with Crippen LogP contribution in [0.3, 0.4) is 0 Å². The van der Waals surface area contributed by atoms with Crippen molar-refractivity contribution in [2.24, 2.45) is 13.0 Å². The number of nitrogens with zero attached hydrogens (tertiary/aromatic N) is 3. The Morgan fingerprint density at radius 2 is 2.12 bits per heavy atom. The molecule has 3 fully saturated rings. The Hall–Kier alpha value is -1.40. The van der Waals surface area contributed by atoms with Gasteiger partial charge >= 0.3 is 0 Å². The van der Waals surface area contributed by atoms with Crippen LogP contribution in [-0.4, -0.2) is 51.9 Å². The maximum absolute atomic E-state index is 12.3. The maximum atomic E-state index is 12.3. The van der Waals surface area contributed by atoms with E-state index in [2.05, 4.69) is 21.5 Å². The lowest BCUT2D eigenvalue weighted by Crippen LogP contribution is -2.45. The number of carbonyl (C=O) groups excluding carboxylic acids is 1. The second kappa shape index (κ2) is 6.48. The Kier molecular flexibility index (Phi) is 4.35. The van der Waals surface area contributed by atoms with Crippen molar-refractivity contribution in [2.45, 2.75) is 56.8 Å². The smallest absolute Gasteiger partial charge is 0.249 e. The number of ether oxygens (including phenoxy) is 1. The lowest BCUT2D eigenvalue weighted by atomic mass is 9.88. The molecule has 1 amide bonds. The van der Waals surface area contributed by atoms with Gasteiger partial charge in [0.15, 0.2) is 0 Å². The molecule has 1 N–H and O–H groups in total. The zero-order valence-corrected chi connectivity index (χ0v) is 14.5. The van der Waals surface area contributed by atoms with Crippen molar-refractivity contribution in [2.75, 3.05) is 19.6 Å². The second-order valence-corrected chi connectivity index (χ2v) is 7.82. The summed E-state index contributed by atoms with van der Waals surface area (Å²) in [4.78, 5) is 14.7. The first kappa shape index (κ1) is 16.1. The minimum atomic E-state index is -0.228. The molecule has 3 heterocycles. The predicted molar refractivity (Wildman–Crippen MR) is 90.3 cm³/mol. The molecule has 1 aliphatic carbocycles. The standard InChI is InChI=1S/C18H28N4O2/c1-21-12-15(11-20-21)13-22-8-6-18(7-9-22)5-4-16(24-18)17(23)19-10-14-2-3-14/h11-12,14,16H,2-10,13H2,1H3,(H,19,23). The molecule has 0 bridgehead atoms. The Labute approximate surface area is 143 Å². The molecular weight excluding hydrogens is 304 g/mol. The van der Waals surface area contributed by atoms with Crippen molar-refractivity contribution in [1.29, 1.82) is 0 Å². The van der Waals surface area contributed by atoms with Crippen LogP contribution in [-0.2, 0) is 23.1 Å². The molecule has 3 aliphatic rings. The van der Waals surface area contributed by atoms with Gasteiger partial charge in [-0.3, -0.25) is 14.4 Å². The summed E-state index contributed by atoms with van der Waals surface area (Å²) >= 11 is 0. The monoisotopic (exact) mass is 332 g/mol. The van der Waals surface area contributed by atoms with Gasteiger partial charge in [0.1, 0.15) is 6.10 Å². The maximum Gasteiger partial charge on any atom is 0.249 e. The number of hydrogen-bond acceptors (Lipinski definition) is 4. The van der Waals surface area contributed by atoms with E-state index < -0.39 is 0 Å². The summed E-state index contributed by atoms with van der Waals surface area (Å²) in [6.45, 7) is 3.86. The van der Waals surface area contributed by atoms with Crippen LogP contribution in [0.25, 0.3) is 0 Å². The van der Waals surface area contributed by atoms with Crippen molar-refractivity contribution in [3.05, 3.63) is 18.0 Å². The van der Waals surface area contributed by atoms with E-state index in [1.54, 1.807) is 0 Å². The van der Waals surface area contributed by atoms with Gasteiger partial charge < -0.3 is 10.1 Å². The van der Waals surface area contributed by atoms with Gasteiger partial charge in [0.05, 0.1) is 11.8 Å². The summed E-state index contributed by atoms with van der Waals surface area (Å²) < 4.78 is 8.10. The zero-order chi connectivity index (χ0) is 16.6. The third-order valence-corrected chi connectivity index (χ3v) is 5.74. The van der Waals surface area contributed by atoms with Gasteiger partial charge in [0.25, 0.3) is 0 Å². The van der Waals surface area contributed by atoms with Gasteiger partial charge in [-0.15, -0.1) is 0 Å². The van der Waals surface area contributed by atoms with Gasteiger partial charge in [-0.25, -0.2) is 0 Å². The molecule has 2 saturated heterocycles. The highest BCUT2D eigenvalue weighted by Gasteiger charge is 2.44. The van der Waals surface area contributed by atoms with E-state index in [-0.39, 0.29) is 17.6 Å². The number of hydrogen-bond donors (Lipinski definition) is 1. The third-order valence-electron chi connectivity index (χ3n) is 5.74. The van der Waals surface area contributed by atoms with Crippen molar-refractivity contribution >= 4 is 5.91 Å². The van der Waals surface area contributed by atoms with Crippen LogP contribution < -0.4 is 5.32 Å². The first-order valence-electron chi connectivity index (χ1n) is 9.27. The number of likely N-dealkylation sites (tertiary alicyclic amines) is 1. The molecule has 1 aromatic heterocycles. The van der Waals surface area contributed by atoms with Crippen molar-refractivity contribution in [3.63, 3.8) is 0 Å². The van der Waals surface area contributed by atoms with Gasteiger partial charge in [-0.2, -0.15) is 5.10 Å². The van der Waals surface area contributed by atoms with Gasteiger partial charge in [-0.1, -0.05) is 0 Å². The molecule has 132 valence electrons. The normalized spacial score (nSPS) is 26.8. The van der Waals surface area contributed by atoms with Crippen LogP contribution in [0.15, 0.2) is 12.4 Å². The second-order valence-electron chi connectivity index (χ2n) is 7.82. The van der Waals surface area contributed by atoms with E-state index >= 15 is 0 Å². The minimum absolute atomic E-state index is 0.0625. The molecule has 1 aromatic rings. The molecule has 1 unspecified atom stereocenters. The quantitative estimate of drug-likeness (QED) is 0.887. The lowest BCUT2D eigenvalue weighted by Gasteiger charge is -2.38. The highest BCUT2D eigenvalue weighted by Crippen LogP contribution is 2.39. The van der Waals surface area contributed by atoms with E-state index in [0.717, 1.165) is 57.8 Å². The number of rotatable bonds is 5. The van der Waals surface area contributed by atoms with E-state index in [0.29, 0.717) is 0 Å². The van der Waals surface area contributed by atoms with Crippen LogP contribution in [0.1, 0.15) is 44.1 Å². The number of piperidine rings is 1. The number of amides is 1. The number of nitrogens with one attached hydrogen (secondary N) is 1. The molecule has 1 spiro atoms. The average Bonchev–Trinajstić information content (AvgIpc) is 3.19. The molecule has 6 heteroatoms. The fourth-order valence-electron chi connectivity index (χ4n) is 3.98. The number of aromatic nitrogens is 2. The molecule has 1 atom stereocenters. The zero-order valence-electron chi connectivity index (χ0n) is 14.5. The molecule has 4 rings (SSSR count). The molecule has 1 saturated carbocycles. The van der Waals surface area contributed by atoms with Gasteiger partial charge in [0, 0.05) is 45.0 Å². The van der Waals surface area contributed by atoms with Crippen molar-refractivity contribution < 1.29 is 9.53 Å². The summed E-state index contributed by atoms with van der Waals surface area (Å²) in [6.07, 6.45) is 10.3. The highest BCUT2D eigenvalue weighted by molar-refractivity contribution is 5.81. The van der Waals surface area contributed by atoms with Gasteiger partial charge in [-0.05, 0) is 44.4 Å². The first-order valence-corrected chi connectivity index (χ1v) is 9.27. The van der Waals surface area contributed by atoms with Gasteiger partial charge in [0.2, 0.25) is 5.91 Å². The average molecular weight is 332 g/mol. The largest absolute Gasteiger partial charge is 0.362 e. The topological polar surface area (TPSA) is 59.4 Å². The summed E-state index contributed by atoms with van der Waals surface area (Å²) in [5.41, 5.74) is 1.20. The van der Waals surface area contributed by atoms with Crippen LogP contribution >= 0.6 is 0 Å². The summed E-state index contributed by atoms with van der Waals surface area (Å²) in [6, 6.07) is 0.